The van der Waals surface area contributed by atoms with Crippen LogP contribution < -0.4 is 5.32 Å². The lowest BCUT2D eigenvalue weighted by Crippen LogP contribution is -2.37. The average molecular weight is 282 g/mol. The van der Waals surface area contributed by atoms with E-state index < -0.39 is 0 Å². The van der Waals surface area contributed by atoms with Gasteiger partial charge < -0.3 is 5.32 Å². The molecule has 2 aromatic rings. The number of aromatic nitrogens is 1. The second kappa shape index (κ2) is 5.64. The van der Waals surface area contributed by atoms with Crippen LogP contribution in [0.1, 0.15) is 41.7 Å². The van der Waals surface area contributed by atoms with Crippen molar-refractivity contribution in [1.29, 1.82) is 0 Å². The van der Waals surface area contributed by atoms with E-state index in [9.17, 15) is 9.59 Å². The van der Waals surface area contributed by atoms with Crippen molar-refractivity contribution in [3.05, 3.63) is 41.6 Å². The Balaban J connectivity index is 1.86. The number of amides is 1. The van der Waals surface area contributed by atoms with Gasteiger partial charge in [-0.2, -0.15) is 0 Å². The molecule has 1 aliphatic rings. The molecule has 1 aliphatic carbocycles. The van der Waals surface area contributed by atoms with Crippen LogP contribution in [-0.2, 0) is 4.79 Å². The third-order valence-corrected chi connectivity index (χ3v) is 3.97. The third kappa shape index (κ3) is 2.94. The smallest absolute Gasteiger partial charge is 0.252 e. The molecule has 4 heteroatoms. The molecule has 1 saturated carbocycles. The minimum absolute atomic E-state index is 0.0731. The van der Waals surface area contributed by atoms with E-state index in [0.29, 0.717) is 24.2 Å². The normalized spacial score (nSPS) is 16.1. The molecule has 0 aliphatic heterocycles. The van der Waals surface area contributed by atoms with Crippen LogP contribution in [0.5, 0.6) is 0 Å². The molecule has 0 radical (unpaired) electrons. The maximum atomic E-state index is 12.5. The fourth-order valence-electron chi connectivity index (χ4n) is 2.84. The predicted molar refractivity (Wildman–Crippen MR) is 81.2 cm³/mol. The van der Waals surface area contributed by atoms with Crippen molar-refractivity contribution >= 4 is 22.6 Å². The Bertz CT molecular complexity index is 699. The predicted octanol–water partition coefficient (Wildman–Crippen LogP) is 2.78. The van der Waals surface area contributed by atoms with E-state index >= 15 is 0 Å². The number of pyridine rings is 1. The van der Waals surface area contributed by atoms with Crippen molar-refractivity contribution in [3.63, 3.8) is 0 Å². The lowest BCUT2D eigenvalue weighted by atomic mass is 9.94. The molecule has 1 aromatic heterocycles. The molecule has 1 N–H and O–H groups in total. The minimum Gasteiger partial charge on any atom is -0.349 e. The number of fused-ring (bicyclic) bond motifs is 1. The van der Waals surface area contributed by atoms with E-state index in [1.165, 1.54) is 0 Å². The molecule has 3 rings (SSSR count). The highest BCUT2D eigenvalue weighted by Gasteiger charge is 2.21. The Kier molecular flexibility index (Phi) is 3.69. The van der Waals surface area contributed by atoms with Gasteiger partial charge in [-0.1, -0.05) is 18.2 Å². The Morgan fingerprint density at radius 1 is 1.24 bits per heavy atom. The molecule has 1 aromatic carbocycles. The maximum Gasteiger partial charge on any atom is 0.252 e. The molecule has 4 nitrogen and oxygen atoms in total. The molecule has 1 fully saturated rings. The van der Waals surface area contributed by atoms with Gasteiger partial charge in [-0.25, -0.2) is 0 Å². The Morgan fingerprint density at radius 3 is 2.71 bits per heavy atom. The number of hydrogen-bond donors (Lipinski definition) is 1. The fraction of sp³-hybridized carbons (Fsp3) is 0.353. The quantitative estimate of drug-likeness (QED) is 0.921. The van der Waals surface area contributed by atoms with Crippen LogP contribution in [0, 0.1) is 6.92 Å². The lowest BCUT2D eigenvalue weighted by molar-refractivity contribution is -0.120. The van der Waals surface area contributed by atoms with Gasteiger partial charge >= 0.3 is 0 Å². The number of Topliss-reactive ketones (excluding diaryl/α,β-unsaturated/α-hetero) is 1. The summed E-state index contributed by atoms with van der Waals surface area (Å²) in [4.78, 5) is 28.3. The first-order valence-electron chi connectivity index (χ1n) is 7.32. The van der Waals surface area contributed by atoms with Crippen LogP contribution >= 0.6 is 0 Å². The topological polar surface area (TPSA) is 59.1 Å². The molecular weight excluding hydrogens is 264 g/mol. The van der Waals surface area contributed by atoms with E-state index in [1.807, 2.05) is 37.3 Å². The second-order valence-electron chi connectivity index (χ2n) is 5.61. The molecule has 0 bridgehead atoms. The van der Waals surface area contributed by atoms with Gasteiger partial charge in [0.2, 0.25) is 0 Å². The lowest BCUT2D eigenvalue weighted by Gasteiger charge is -2.22. The highest BCUT2D eigenvalue weighted by Crippen LogP contribution is 2.20. The minimum atomic E-state index is -0.0731. The van der Waals surface area contributed by atoms with Crippen LogP contribution in [-0.4, -0.2) is 22.7 Å². The number of benzene rings is 1. The maximum absolute atomic E-state index is 12.5. The van der Waals surface area contributed by atoms with Crippen molar-refractivity contribution in [2.45, 2.75) is 38.6 Å². The Labute approximate surface area is 123 Å². The van der Waals surface area contributed by atoms with Crippen LogP contribution in [0.25, 0.3) is 10.9 Å². The number of carbonyl (C=O) groups is 2. The van der Waals surface area contributed by atoms with Crippen molar-refractivity contribution in [2.75, 3.05) is 0 Å². The molecule has 0 atom stereocenters. The molecule has 0 saturated heterocycles. The molecule has 21 heavy (non-hydrogen) atoms. The van der Waals surface area contributed by atoms with Crippen molar-refractivity contribution < 1.29 is 9.59 Å². The summed E-state index contributed by atoms with van der Waals surface area (Å²) in [5.74, 6) is 0.224. The van der Waals surface area contributed by atoms with Crippen LogP contribution in [0.4, 0.5) is 0 Å². The highest BCUT2D eigenvalue weighted by atomic mass is 16.1. The number of aryl methyl sites for hydroxylation is 1. The molecule has 1 heterocycles. The zero-order chi connectivity index (χ0) is 14.8. The highest BCUT2D eigenvalue weighted by molar-refractivity contribution is 6.06. The number of nitrogens with zero attached hydrogens (tertiary/aromatic N) is 1. The summed E-state index contributed by atoms with van der Waals surface area (Å²) in [6, 6.07) is 9.59. The van der Waals surface area contributed by atoms with E-state index in [4.69, 9.17) is 0 Å². The first-order valence-corrected chi connectivity index (χ1v) is 7.32. The van der Waals surface area contributed by atoms with Gasteiger partial charge in [-0.3, -0.25) is 14.6 Å². The molecule has 108 valence electrons. The second-order valence-corrected chi connectivity index (χ2v) is 5.61. The number of carbonyl (C=O) groups excluding carboxylic acids is 2. The zero-order valence-electron chi connectivity index (χ0n) is 12.1. The van der Waals surface area contributed by atoms with Gasteiger partial charge in [0.1, 0.15) is 5.78 Å². The number of hydrogen-bond acceptors (Lipinski definition) is 3. The van der Waals surface area contributed by atoms with Crippen LogP contribution in [0.2, 0.25) is 0 Å². The third-order valence-electron chi connectivity index (χ3n) is 3.97. The van der Waals surface area contributed by atoms with Crippen LogP contribution in [0.15, 0.2) is 30.3 Å². The Hall–Kier alpha value is -2.23. The summed E-state index contributed by atoms with van der Waals surface area (Å²) in [5, 5.41) is 3.92. The van der Waals surface area contributed by atoms with Crippen molar-refractivity contribution in [1.82, 2.24) is 10.3 Å². The fourth-order valence-corrected chi connectivity index (χ4v) is 2.84. The monoisotopic (exact) mass is 282 g/mol. The largest absolute Gasteiger partial charge is 0.349 e. The van der Waals surface area contributed by atoms with E-state index in [-0.39, 0.29) is 11.9 Å². The molecule has 1 amide bonds. The number of para-hydroxylation sites is 1. The first-order chi connectivity index (χ1) is 10.1. The van der Waals surface area contributed by atoms with E-state index in [2.05, 4.69) is 10.3 Å². The summed E-state index contributed by atoms with van der Waals surface area (Å²) in [5.41, 5.74) is 2.33. The molecule has 0 unspecified atom stereocenters. The summed E-state index contributed by atoms with van der Waals surface area (Å²) in [7, 11) is 0. The van der Waals surface area contributed by atoms with Gasteiger partial charge in [0, 0.05) is 30.0 Å². The van der Waals surface area contributed by atoms with Crippen molar-refractivity contribution in [3.8, 4) is 0 Å². The van der Waals surface area contributed by atoms with E-state index in [0.717, 1.165) is 29.4 Å². The van der Waals surface area contributed by atoms with Crippen molar-refractivity contribution in [2.24, 2.45) is 0 Å². The van der Waals surface area contributed by atoms with Gasteiger partial charge in [-0.05, 0) is 31.9 Å². The standard InChI is InChI=1S/C17H18N2O2/c1-11-10-15(14-4-2-3-5-16(14)18-11)17(21)19-12-6-8-13(20)9-7-12/h2-5,10,12H,6-9H2,1H3,(H,19,21). The van der Waals surface area contributed by atoms with Gasteiger partial charge in [0.05, 0.1) is 11.1 Å². The van der Waals surface area contributed by atoms with Gasteiger partial charge in [0.25, 0.3) is 5.91 Å². The molecule has 0 spiro atoms. The van der Waals surface area contributed by atoms with Gasteiger partial charge in [0.15, 0.2) is 0 Å². The van der Waals surface area contributed by atoms with Crippen LogP contribution in [0.3, 0.4) is 0 Å². The van der Waals surface area contributed by atoms with E-state index in [1.54, 1.807) is 0 Å². The average Bonchev–Trinajstić information content (AvgIpc) is 2.48. The summed E-state index contributed by atoms with van der Waals surface area (Å²) in [6.45, 7) is 1.89. The SMILES string of the molecule is Cc1cc(C(=O)NC2CCC(=O)CC2)c2ccccc2n1. The zero-order valence-corrected chi connectivity index (χ0v) is 12.1. The summed E-state index contributed by atoms with van der Waals surface area (Å²) >= 11 is 0. The van der Waals surface area contributed by atoms with Gasteiger partial charge in [-0.15, -0.1) is 0 Å². The summed E-state index contributed by atoms with van der Waals surface area (Å²) in [6.07, 6.45) is 2.63. The number of ketones is 1. The Morgan fingerprint density at radius 2 is 1.95 bits per heavy atom. The number of nitrogens with one attached hydrogen (secondary N) is 1. The summed E-state index contributed by atoms with van der Waals surface area (Å²) < 4.78 is 0. The number of rotatable bonds is 2. The molecular formula is C17H18N2O2. The first kappa shape index (κ1) is 13.7.